The van der Waals surface area contributed by atoms with Gasteiger partial charge >= 0.3 is 5.97 Å². The molecule has 16 heteroatoms. The number of likely N-dealkylation sites (N-methyl/N-ethyl adjacent to an activating group) is 1. The second-order valence-electron chi connectivity index (χ2n) is 17.8. The van der Waals surface area contributed by atoms with Crippen LogP contribution in [0.3, 0.4) is 0 Å². The van der Waals surface area contributed by atoms with Crippen molar-refractivity contribution in [3.05, 3.63) is 11.9 Å². The summed E-state index contributed by atoms with van der Waals surface area (Å²) >= 11 is 0. The highest BCUT2D eigenvalue weighted by Crippen LogP contribution is 2.41. The van der Waals surface area contributed by atoms with Crippen LogP contribution in [-0.4, -0.2) is 138 Å². The number of nitrogens with two attached hydrogens (primary N) is 2. The van der Waals surface area contributed by atoms with Crippen LogP contribution in [0.2, 0.25) is 0 Å². The van der Waals surface area contributed by atoms with E-state index in [0.717, 1.165) is 0 Å². The number of hydrazine groups is 1. The number of ether oxygens (including phenoxy) is 7. The van der Waals surface area contributed by atoms with E-state index in [4.69, 9.17) is 44.7 Å². The molecule has 0 aromatic rings. The van der Waals surface area contributed by atoms with E-state index in [1.807, 2.05) is 46.6 Å². The van der Waals surface area contributed by atoms with Gasteiger partial charge in [-0.15, -0.1) is 0 Å². The lowest BCUT2D eigenvalue weighted by Gasteiger charge is -2.49. The first kappa shape index (κ1) is 49.4. The Morgan fingerprint density at radius 1 is 0.965 bits per heavy atom. The molecule has 16 nitrogen and oxygen atoms in total. The number of ketones is 1. The Morgan fingerprint density at radius 3 is 2.19 bits per heavy atom. The van der Waals surface area contributed by atoms with Crippen molar-refractivity contribution in [3.63, 3.8) is 0 Å². The number of rotatable bonds is 12. The molecule has 0 aromatic heterocycles. The molecule has 0 aliphatic carbocycles. The third kappa shape index (κ3) is 11.9. The Balaban J connectivity index is 2.18. The molecule has 0 radical (unpaired) electrons. The van der Waals surface area contributed by atoms with Crippen LogP contribution in [0.4, 0.5) is 0 Å². The lowest BCUT2D eigenvalue weighted by Crippen LogP contribution is -2.61. The molecule has 57 heavy (non-hydrogen) atoms. The molecule has 1 unspecified atom stereocenters. The second kappa shape index (κ2) is 20.5. The number of nitrogens with one attached hydrogen (secondary N) is 1. The first-order chi connectivity index (χ1) is 26.5. The minimum atomic E-state index is -1.96. The monoisotopic (exact) mass is 817 g/mol. The fraction of sp³-hybridized carbons (Fsp3) is 0.902. The largest absolute Gasteiger partial charge is 0.459 e. The summed E-state index contributed by atoms with van der Waals surface area (Å²) in [6.45, 7) is 18.2. The number of carbonyl (C=O) groups is 2. The molecule has 0 saturated carbocycles. The van der Waals surface area contributed by atoms with Gasteiger partial charge in [0.1, 0.15) is 23.6 Å². The van der Waals surface area contributed by atoms with E-state index in [0.29, 0.717) is 37.9 Å². The van der Waals surface area contributed by atoms with Gasteiger partial charge in [0.15, 0.2) is 12.6 Å². The molecule has 0 spiro atoms. The van der Waals surface area contributed by atoms with E-state index in [1.165, 1.54) is 20.2 Å². The zero-order chi connectivity index (χ0) is 43.2. The lowest BCUT2D eigenvalue weighted by atomic mass is 9.74. The number of aliphatic hydroxyl groups excluding tert-OH is 2. The Hall–Kier alpha value is -1.96. The van der Waals surface area contributed by atoms with Gasteiger partial charge < -0.3 is 64.5 Å². The van der Waals surface area contributed by atoms with Gasteiger partial charge in [-0.25, -0.2) is 0 Å². The molecule has 0 aromatic carbocycles. The number of nitrogens with zero attached hydrogens (tertiary/aromatic N) is 1. The second-order valence-corrected chi connectivity index (χ2v) is 17.8. The number of esters is 1. The summed E-state index contributed by atoms with van der Waals surface area (Å²) < 4.78 is 44.7. The van der Waals surface area contributed by atoms with Gasteiger partial charge in [-0.05, 0) is 67.9 Å². The van der Waals surface area contributed by atoms with Crippen molar-refractivity contribution in [2.75, 3.05) is 27.8 Å². The van der Waals surface area contributed by atoms with Gasteiger partial charge in [-0.1, -0.05) is 27.7 Å². The van der Waals surface area contributed by atoms with Crippen LogP contribution >= 0.6 is 0 Å². The number of aliphatic hydroxyl groups is 3. The molecule has 0 amide bonds. The third-order valence-electron chi connectivity index (χ3n) is 12.9. The van der Waals surface area contributed by atoms with Crippen molar-refractivity contribution in [1.29, 1.82) is 0 Å². The predicted octanol–water partition coefficient (Wildman–Crippen LogP) is 2.49. The zero-order valence-corrected chi connectivity index (χ0v) is 36.7. The van der Waals surface area contributed by atoms with E-state index >= 15 is 0 Å². The number of Topliss-reactive ketones (excluding diaryl/α,β-unsaturated/α-hetero) is 1. The Morgan fingerprint density at radius 2 is 1.61 bits per heavy atom. The van der Waals surface area contributed by atoms with Crippen molar-refractivity contribution < 1.29 is 58.1 Å². The molecular formula is C41H76N4O12. The minimum Gasteiger partial charge on any atom is -0.459 e. The first-order valence-electron chi connectivity index (χ1n) is 20.6. The summed E-state index contributed by atoms with van der Waals surface area (Å²) in [5, 5.41) is 35.2. The van der Waals surface area contributed by atoms with Crippen LogP contribution in [-0.2, 0) is 42.7 Å². The molecule has 3 rings (SSSR count). The van der Waals surface area contributed by atoms with Crippen molar-refractivity contribution in [3.8, 4) is 0 Å². The smallest absolute Gasteiger partial charge is 0.311 e. The lowest BCUT2D eigenvalue weighted by molar-refractivity contribution is -0.312. The standard InChI is InChI=1S/C41H76N4O12/c1-14-30-41(10,50)35(48)25(5)32(46)22(2)18-40(9,52-13)36(57-38-33(47)29(17-23(3)54-38)45(11)16-15-28(42)21-44-43)26(6)34(27(7)37(49)55-30)56-31-20-39(8,51-12)19-24(4)53-31/h21-27,29-31,33-36,38,44,47-48,50H,14-20,42-43H2,1-13H3/b28-21-/t22-,23-,24+,25+,26+,27-,29+,30-,31+,33-,34+,35-,36?,38+,39+,40-,41-/m1/s1. The van der Waals surface area contributed by atoms with Gasteiger partial charge in [0.05, 0.1) is 47.6 Å². The van der Waals surface area contributed by atoms with Gasteiger partial charge in [0.2, 0.25) is 0 Å². The fourth-order valence-electron chi connectivity index (χ4n) is 9.21. The van der Waals surface area contributed by atoms with Gasteiger partial charge in [0.25, 0.3) is 0 Å². The predicted molar refractivity (Wildman–Crippen MR) is 213 cm³/mol. The number of carbonyl (C=O) groups excluding carboxylic acids is 2. The maximum Gasteiger partial charge on any atom is 0.311 e. The first-order valence-corrected chi connectivity index (χ1v) is 20.6. The number of cyclic esters (lactones) is 1. The van der Waals surface area contributed by atoms with Gasteiger partial charge in [-0.2, -0.15) is 0 Å². The van der Waals surface area contributed by atoms with Crippen molar-refractivity contribution >= 4 is 11.8 Å². The van der Waals surface area contributed by atoms with E-state index in [1.54, 1.807) is 34.8 Å². The summed E-state index contributed by atoms with van der Waals surface area (Å²) in [7, 11) is 5.06. The molecule has 3 fully saturated rings. The van der Waals surface area contributed by atoms with Crippen molar-refractivity contribution in [2.45, 2.75) is 186 Å². The Bertz CT molecular complexity index is 1340. The van der Waals surface area contributed by atoms with Crippen LogP contribution in [0.15, 0.2) is 11.9 Å². The maximum atomic E-state index is 14.3. The highest BCUT2D eigenvalue weighted by Gasteiger charge is 2.53. The zero-order valence-electron chi connectivity index (χ0n) is 36.7. The molecule has 3 aliphatic heterocycles. The summed E-state index contributed by atoms with van der Waals surface area (Å²) in [5.41, 5.74) is 5.29. The highest BCUT2D eigenvalue weighted by molar-refractivity contribution is 5.83. The average Bonchev–Trinajstić information content (AvgIpc) is 3.15. The Kier molecular flexibility index (Phi) is 17.8. The van der Waals surface area contributed by atoms with Crippen molar-refractivity contribution in [1.82, 2.24) is 10.3 Å². The van der Waals surface area contributed by atoms with E-state index < -0.39 is 89.5 Å². The fourth-order valence-corrected chi connectivity index (χ4v) is 9.21. The molecular weight excluding hydrogens is 740 g/mol. The van der Waals surface area contributed by atoms with Crippen LogP contribution in [0, 0.1) is 23.7 Å². The van der Waals surface area contributed by atoms with E-state index in [2.05, 4.69) is 5.43 Å². The Labute approximate surface area is 340 Å². The quantitative estimate of drug-likeness (QED) is 0.0945. The van der Waals surface area contributed by atoms with Gasteiger partial charge in [0, 0.05) is 75.7 Å². The molecule has 0 bridgehead atoms. The summed E-state index contributed by atoms with van der Waals surface area (Å²) in [5.74, 6) is 1.01. The SMILES string of the molecule is CC[C@H]1OC(=O)[C@H](C)[C@@H](O[C@H]2C[C@@](C)(OC)C[C@H](C)O2)[C@H](C)C(O[C@@H]2O[C@H](C)C[C@H](N(C)CC/C(N)=C/NN)[C@H]2O)[C@](C)(OC)C[C@@H](C)C(=O)[C@H](C)[C@@H](O)[C@]1(C)O. The molecule has 8 N–H and O–H groups in total. The van der Waals surface area contributed by atoms with Crippen LogP contribution in [0.25, 0.3) is 0 Å². The minimum absolute atomic E-state index is 0.112. The average molecular weight is 817 g/mol. The molecule has 332 valence electrons. The molecule has 3 heterocycles. The van der Waals surface area contributed by atoms with Crippen LogP contribution in [0.5, 0.6) is 0 Å². The summed E-state index contributed by atoms with van der Waals surface area (Å²) in [6, 6.07) is -0.383. The maximum absolute atomic E-state index is 14.3. The third-order valence-corrected chi connectivity index (χ3v) is 12.9. The topological polar surface area (TPSA) is 227 Å². The number of hydrogen-bond donors (Lipinski definition) is 6. The number of hydrogen-bond acceptors (Lipinski definition) is 16. The molecule has 17 atom stereocenters. The van der Waals surface area contributed by atoms with E-state index in [9.17, 15) is 24.9 Å². The van der Waals surface area contributed by atoms with E-state index in [-0.39, 0.29) is 36.9 Å². The summed E-state index contributed by atoms with van der Waals surface area (Å²) in [4.78, 5) is 30.4. The van der Waals surface area contributed by atoms with Crippen molar-refractivity contribution in [2.24, 2.45) is 35.2 Å². The summed E-state index contributed by atoms with van der Waals surface area (Å²) in [6.07, 6.45) is -4.46. The normalized spacial score (nSPS) is 44.7. The van der Waals surface area contributed by atoms with Crippen LogP contribution < -0.4 is 17.0 Å². The highest BCUT2D eigenvalue weighted by atomic mass is 16.7. The van der Waals surface area contributed by atoms with Crippen LogP contribution in [0.1, 0.15) is 108 Å². The molecule has 3 aliphatic rings. The van der Waals surface area contributed by atoms with Gasteiger partial charge in [-0.3, -0.25) is 15.4 Å². The molecule has 3 saturated heterocycles. The number of methoxy groups -OCH3 is 2.